The Hall–Kier alpha value is -1.12. The molecule has 5 fully saturated rings. The number of hydrogen-bond acceptors (Lipinski definition) is 2. The van der Waals surface area contributed by atoms with E-state index in [4.69, 9.17) is 0 Å². The molecule has 5 aliphatic carbocycles. The molecule has 1 saturated heterocycles. The average molecular weight is 227 g/mol. The molecule has 17 heavy (non-hydrogen) atoms. The lowest BCUT2D eigenvalue weighted by Crippen LogP contribution is -2.55. The van der Waals surface area contributed by atoms with Crippen LogP contribution < -0.4 is 0 Å². The number of amides is 2. The zero-order valence-electron chi connectivity index (χ0n) is 9.59. The van der Waals surface area contributed by atoms with Crippen LogP contribution in [-0.4, -0.2) is 23.8 Å². The van der Waals surface area contributed by atoms with Gasteiger partial charge in [0, 0.05) is 12.5 Å². The summed E-state index contributed by atoms with van der Waals surface area (Å²) in [7, 11) is 1.66. The Morgan fingerprint density at radius 3 is 2.65 bits per heavy atom. The summed E-state index contributed by atoms with van der Waals surface area (Å²) in [5.41, 5.74) is 0.908. The summed E-state index contributed by atoms with van der Waals surface area (Å²) >= 11 is 0. The molecular weight excluding hydrogens is 214 g/mol. The van der Waals surface area contributed by atoms with Crippen molar-refractivity contribution in [3.63, 3.8) is 0 Å². The lowest BCUT2D eigenvalue weighted by atomic mass is 9.46. The van der Waals surface area contributed by atoms with Crippen molar-refractivity contribution in [1.82, 2.24) is 4.90 Å². The van der Waals surface area contributed by atoms with Crippen LogP contribution in [0.4, 0.5) is 0 Å². The van der Waals surface area contributed by atoms with Crippen LogP contribution >= 0.6 is 0 Å². The molecule has 8 unspecified atom stereocenters. The molecule has 6 rings (SSSR count). The van der Waals surface area contributed by atoms with Crippen molar-refractivity contribution in [2.45, 2.75) is 6.42 Å². The Kier molecular flexibility index (Phi) is 0.814. The van der Waals surface area contributed by atoms with Crippen LogP contribution in [-0.2, 0) is 9.59 Å². The molecule has 0 aromatic rings. The molecule has 0 radical (unpaired) electrons. The summed E-state index contributed by atoms with van der Waals surface area (Å²) in [4.78, 5) is 25.9. The minimum absolute atomic E-state index is 0.00549. The van der Waals surface area contributed by atoms with Gasteiger partial charge in [-0.25, -0.2) is 0 Å². The zero-order chi connectivity index (χ0) is 11.3. The van der Waals surface area contributed by atoms with Crippen molar-refractivity contribution in [2.24, 2.45) is 46.3 Å². The third kappa shape index (κ3) is 0.440. The number of likely N-dealkylation sites (tertiary alicyclic amines) is 1. The molecule has 2 amide bonds. The Morgan fingerprint density at radius 1 is 1.24 bits per heavy atom. The van der Waals surface area contributed by atoms with Crippen LogP contribution in [0.1, 0.15) is 6.42 Å². The van der Waals surface area contributed by atoms with Crippen molar-refractivity contribution < 1.29 is 9.59 Å². The van der Waals surface area contributed by atoms with Gasteiger partial charge in [-0.2, -0.15) is 0 Å². The Labute approximate surface area is 98.8 Å². The highest BCUT2D eigenvalue weighted by Crippen LogP contribution is 3.04. The fourth-order valence-electron chi connectivity index (χ4n) is 6.59. The van der Waals surface area contributed by atoms with E-state index in [1.807, 2.05) is 0 Å². The first-order chi connectivity index (χ1) is 8.16. The second-order valence-electron chi connectivity index (χ2n) is 7.01. The lowest BCUT2D eigenvalue weighted by Gasteiger charge is -2.57. The molecule has 4 saturated carbocycles. The van der Waals surface area contributed by atoms with Gasteiger partial charge in [-0.15, -0.1) is 0 Å². The maximum Gasteiger partial charge on any atom is 0.233 e. The van der Waals surface area contributed by atoms with Gasteiger partial charge < -0.3 is 0 Å². The molecule has 1 heterocycles. The van der Waals surface area contributed by atoms with Crippen LogP contribution in [0, 0.1) is 46.3 Å². The summed E-state index contributed by atoms with van der Waals surface area (Å²) in [6.45, 7) is 0. The molecule has 6 aliphatic rings. The topological polar surface area (TPSA) is 37.4 Å². The van der Waals surface area contributed by atoms with Crippen molar-refractivity contribution >= 4 is 11.8 Å². The predicted molar refractivity (Wildman–Crippen MR) is 57.3 cm³/mol. The normalized spacial score (nSPS) is 70.8. The smallest absolute Gasteiger partial charge is 0.233 e. The van der Waals surface area contributed by atoms with E-state index in [0.717, 1.165) is 11.8 Å². The fourth-order valence-corrected chi connectivity index (χ4v) is 6.59. The van der Waals surface area contributed by atoms with Gasteiger partial charge in [-0.05, 0) is 35.5 Å². The molecule has 2 spiro atoms. The van der Waals surface area contributed by atoms with E-state index in [0.29, 0.717) is 22.7 Å². The van der Waals surface area contributed by atoms with E-state index < -0.39 is 0 Å². The second kappa shape index (κ2) is 1.72. The number of rotatable bonds is 0. The van der Waals surface area contributed by atoms with E-state index in [1.165, 1.54) is 11.3 Å². The quantitative estimate of drug-likeness (QED) is 0.450. The Bertz CT molecular complexity index is 581. The highest BCUT2D eigenvalue weighted by atomic mass is 16.2. The second-order valence-corrected chi connectivity index (χ2v) is 7.01. The number of imide groups is 1. The van der Waals surface area contributed by atoms with Crippen molar-refractivity contribution in [1.29, 1.82) is 0 Å². The Morgan fingerprint density at radius 2 is 2.00 bits per heavy atom. The summed E-state index contributed by atoms with van der Waals surface area (Å²) in [5.74, 6) is 2.92. The molecule has 3 nitrogen and oxygen atoms in total. The number of fused-ring (bicyclic) bond motifs is 5. The first-order valence-corrected chi connectivity index (χ1v) is 6.67. The molecule has 0 N–H and O–H groups in total. The van der Waals surface area contributed by atoms with Crippen LogP contribution in [0.3, 0.4) is 0 Å². The zero-order valence-corrected chi connectivity index (χ0v) is 9.59. The maximum atomic E-state index is 12.3. The van der Waals surface area contributed by atoms with Crippen molar-refractivity contribution in [3.05, 3.63) is 12.2 Å². The summed E-state index contributed by atoms with van der Waals surface area (Å²) in [6, 6.07) is 0. The van der Waals surface area contributed by atoms with Crippen LogP contribution in [0.2, 0.25) is 0 Å². The van der Waals surface area contributed by atoms with Gasteiger partial charge in [-0.3, -0.25) is 14.5 Å². The van der Waals surface area contributed by atoms with Crippen LogP contribution in [0.5, 0.6) is 0 Å². The lowest BCUT2D eigenvalue weighted by molar-refractivity contribution is -0.144. The fraction of sp³-hybridized carbons (Fsp3) is 0.714. The van der Waals surface area contributed by atoms with Gasteiger partial charge in [0.1, 0.15) is 0 Å². The van der Waals surface area contributed by atoms with Gasteiger partial charge in [0.05, 0.1) is 11.8 Å². The average Bonchev–Trinajstić information content (AvgIpc) is 3.07. The monoisotopic (exact) mass is 227 g/mol. The van der Waals surface area contributed by atoms with Crippen molar-refractivity contribution in [2.75, 3.05) is 7.05 Å². The third-order valence-corrected chi connectivity index (χ3v) is 7.25. The van der Waals surface area contributed by atoms with E-state index in [-0.39, 0.29) is 23.7 Å². The standard InChI is InChI=1S/C14H13NO2/c1-15-11(16)7-5-2-3-13(5)10(8(7)12(15)17)9-6-4-14(6,9)13/h2-3,5-10H,4H2,1H3. The highest BCUT2D eigenvalue weighted by Gasteiger charge is 3.02. The largest absolute Gasteiger partial charge is 0.285 e. The van der Waals surface area contributed by atoms with Gasteiger partial charge in [0.2, 0.25) is 11.8 Å². The first-order valence-electron chi connectivity index (χ1n) is 6.67. The van der Waals surface area contributed by atoms with E-state index in [2.05, 4.69) is 12.2 Å². The third-order valence-electron chi connectivity index (χ3n) is 7.25. The number of allylic oxidation sites excluding steroid dienone is 2. The molecular formula is C14H13NO2. The number of carbonyl (C=O) groups is 2. The minimum Gasteiger partial charge on any atom is -0.285 e. The molecule has 86 valence electrons. The molecule has 1 aliphatic heterocycles. The predicted octanol–water partition coefficient (Wildman–Crippen LogP) is 0.669. The van der Waals surface area contributed by atoms with Gasteiger partial charge in [0.15, 0.2) is 0 Å². The number of carbonyl (C=O) groups excluding carboxylic acids is 2. The summed E-state index contributed by atoms with van der Waals surface area (Å²) in [5, 5.41) is 0. The van der Waals surface area contributed by atoms with Crippen LogP contribution in [0.15, 0.2) is 12.2 Å². The highest BCUT2D eigenvalue weighted by molar-refractivity contribution is 6.06. The van der Waals surface area contributed by atoms with Crippen LogP contribution in [0.25, 0.3) is 0 Å². The molecule has 3 heteroatoms. The van der Waals surface area contributed by atoms with Crippen molar-refractivity contribution in [3.8, 4) is 0 Å². The summed E-state index contributed by atoms with van der Waals surface area (Å²) < 4.78 is 0. The van der Waals surface area contributed by atoms with Gasteiger partial charge in [-0.1, -0.05) is 12.2 Å². The SMILES string of the molecule is CN1C(=O)C2C(C1=O)C1C3C4CC43C13C=CC23. The maximum absolute atomic E-state index is 12.3. The molecule has 0 bridgehead atoms. The molecule has 0 aromatic carbocycles. The summed E-state index contributed by atoms with van der Waals surface area (Å²) in [6.07, 6.45) is 5.97. The van der Waals surface area contributed by atoms with E-state index in [1.54, 1.807) is 7.05 Å². The first kappa shape index (κ1) is 8.06. The Balaban J connectivity index is 1.59. The molecule has 0 aromatic heterocycles. The van der Waals surface area contributed by atoms with Gasteiger partial charge >= 0.3 is 0 Å². The van der Waals surface area contributed by atoms with E-state index in [9.17, 15) is 9.59 Å². The number of hydrogen-bond donors (Lipinski definition) is 0. The minimum atomic E-state index is 0.00549. The molecule has 8 atom stereocenters. The van der Waals surface area contributed by atoms with Gasteiger partial charge in [0.25, 0.3) is 0 Å². The van der Waals surface area contributed by atoms with E-state index >= 15 is 0 Å². The number of nitrogens with zero attached hydrogens (tertiary/aromatic N) is 1.